The highest BCUT2D eigenvalue weighted by Crippen LogP contribution is 2.28. The second-order valence-electron chi connectivity index (χ2n) is 4.07. The predicted molar refractivity (Wildman–Crippen MR) is 76.1 cm³/mol. The third-order valence-corrected chi connectivity index (χ3v) is 3.41. The van der Waals surface area contributed by atoms with Crippen LogP contribution in [0, 0.1) is 11.3 Å². The van der Waals surface area contributed by atoms with E-state index in [2.05, 4.69) is 39.1 Å². The number of nitriles is 1. The number of nitrogens with zero attached hydrogens (tertiary/aromatic N) is 1. The minimum Gasteiger partial charge on any atom is -0.354 e. The predicted octanol–water partition coefficient (Wildman–Crippen LogP) is 4.47. The molecule has 0 aliphatic rings. The van der Waals surface area contributed by atoms with Gasteiger partial charge in [-0.05, 0) is 30.3 Å². The summed E-state index contributed by atoms with van der Waals surface area (Å²) in [6.45, 7) is 0. The van der Waals surface area contributed by atoms with Gasteiger partial charge in [0.05, 0.1) is 11.6 Å². The van der Waals surface area contributed by atoms with Crippen molar-refractivity contribution in [3.63, 3.8) is 0 Å². The van der Waals surface area contributed by atoms with Crippen LogP contribution in [-0.2, 0) is 0 Å². The van der Waals surface area contributed by atoms with E-state index in [1.165, 1.54) is 0 Å². The molecule has 2 aromatic carbocycles. The van der Waals surface area contributed by atoms with Gasteiger partial charge < -0.3 is 4.98 Å². The highest BCUT2D eigenvalue weighted by molar-refractivity contribution is 9.10. The number of fused-ring (bicyclic) bond motifs is 1. The largest absolute Gasteiger partial charge is 0.354 e. The van der Waals surface area contributed by atoms with Crippen LogP contribution in [0.5, 0.6) is 0 Å². The molecular formula is C15H9BrN2. The molecule has 0 saturated carbocycles. The SMILES string of the molecule is N#Cc1ccccc1-c1cc2cc(Br)ccc2[nH]1. The van der Waals surface area contributed by atoms with Crippen molar-refractivity contribution in [2.24, 2.45) is 0 Å². The summed E-state index contributed by atoms with van der Waals surface area (Å²) in [7, 11) is 0. The monoisotopic (exact) mass is 296 g/mol. The van der Waals surface area contributed by atoms with Crippen molar-refractivity contribution in [1.82, 2.24) is 4.98 Å². The van der Waals surface area contributed by atoms with E-state index in [0.29, 0.717) is 5.56 Å². The molecule has 1 heterocycles. The van der Waals surface area contributed by atoms with E-state index < -0.39 is 0 Å². The number of aromatic nitrogens is 1. The fourth-order valence-electron chi connectivity index (χ4n) is 2.06. The number of rotatable bonds is 1. The van der Waals surface area contributed by atoms with Crippen molar-refractivity contribution in [3.8, 4) is 17.3 Å². The smallest absolute Gasteiger partial charge is 0.0998 e. The molecule has 0 spiro atoms. The molecule has 3 rings (SSSR count). The Bertz CT molecular complexity index is 766. The first-order valence-electron chi connectivity index (χ1n) is 5.56. The van der Waals surface area contributed by atoms with Gasteiger partial charge in [-0.15, -0.1) is 0 Å². The molecule has 0 aliphatic carbocycles. The number of H-pyrrole nitrogens is 1. The maximum Gasteiger partial charge on any atom is 0.0998 e. The molecule has 86 valence electrons. The number of nitrogens with one attached hydrogen (secondary N) is 1. The van der Waals surface area contributed by atoms with Crippen LogP contribution in [-0.4, -0.2) is 4.98 Å². The Hall–Kier alpha value is -2.05. The van der Waals surface area contributed by atoms with Crippen molar-refractivity contribution in [2.75, 3.05) is 0 Å². The van der Waals surface area contributed by atoms with Gasteiger partial charge in [-0.2, -0.15) is 5.26 Å². The Morgan fingerprint density at radius 2 is 1.89 bits per heavy atom. The third kappa shape index (κ3) is 1.81. The summed E-state index contributed by atoms with van der Waals surface area (Å²) in [6.07, 6.45) is 0. The van der Waals surface area contributed by atoms with Gasteiger partial charge in [-0.25, -0.2) is 0 Å². The van der Waals surface area contributed by atoms with Crippen LogP contribution in [0.3, 0.4) is 0 Å². The Balaban J connectivity index is 2.23. The lowest BCUT2D eigenvalue weighted by Crippen LogP contribution is -1.82. The summed E-state index contributed by atoms with van der Waals surface area (Å²) >= 11 is 3.46. The van der Waals surface area contributed by atoms with Crippen LogP contribution >= 0.6 is 15.9 Å². The van der Waals surface area contributed by atoms with Gasteiger partial charge in [0.25, 0.3) is 0 Å². The first kappa shape index (κ1) is 11.1. The van der Waals surface area contributed by atoms with Crippen molar-refractivity contribution in [1.29, 1.82) is 5.26 Å². The molecule has 2 nitrogen and oxygen atoms in total. The van der Waals surface area contributed by atoms with E-state index >= 15 is 0 Å². The van der Waals surface area contributed by atoms with Crippen molar-refractivity contribution in [2.45, 2.75) is 0 Å². The maximum absolute atomic E-state index is 9.13. The molecule has 0 amide bonds. The summed E-state index contributed by atoms with van der Waals surface area (Å²) in [5.41, 5.74) is 3.66. The molecule has 0 bridgehead atoms. The second-order valence-corrected chi connectivity index (χ2v) is 4.99. The van der Waals surface area contributed by atoms with E-state index in [0.717, 1.165) is 26.6 Å². The molecule has 0 radical (unpaired) electrons. The molecule has 3 heteroatoms. The highest BCUT2D eigenvalue weighted by Gasteiger charge is 2.07. The van der Waals surface area contributed by atoms with E-state index in [1.807, 2.05) is 36.4 Å². The lowest BCUT2D eigenvalue weighted by atomic mass is 10.1. The number of hydrogen-bond donors (Lipinski definition) is 1. The maximum atomic E-state index is 9.13. The van der Waals surface area contributed by atoms with E-state index in [-0.39, 0.29) is 0 Å². The van der Waals surface area contributed by atoms with Crippen LogP contribution in [0.15, 0.2) is 53.0 Å². The second kappa shape index (κ2) is 4.32. The molecule has 3 aromatic rings. The summed E-state index contributed by atoms with van der Waals surface area (Å²) in [5, 5.41) is 10.3. The van der Waals surface area contributed by atoms with E-state index in [4.69, 9.17) is 5.26 Å². The minimum absolute atomic E-state index is 0.683. The Labute approximate surface area is 113 Å². The zero-order chi connectivity index (χ0) is 12.5. The average molecular weight is 297 g/mol. The minimum atomic E-state index is 0.683. The molecule has 0 aliphatic heterocycles. The van der Waals surface area contributed by atoms with Gasteiger partial charge >= 0.3 is 0 Å². The summed E-state index contributed by atoms with van der Waals surface area (Å²) in [5.74, 6) is 0. The standard InChI is InChI=1S/C15H9BrN2/c16-12-5-6-14-11(7-12)8-15(18-14)13-4-2-1-3-10(13)9-17/h1-8,18H. The fourth-order valence-corrected chi connectivity index (χ4v) is 2.44. The third-order valence-electron chi connectivity index (χ3n) is 2.92. The zero-order valence-electron chi connectivity index (χ0n) is 9.44. The number of benzene rings is 2. The molecule has 1 aromatic heterocycles. The van der Waals surface area contributed by atoms with Crippen molar-refractivity contribution in [3.05, 3.63) is 58.6 Å². The lowest BCUT2D eigenvalue weighted by Gasteiger charge is -1.99. The molecule has 0 atom stereocenters. The van der Waals surface area contributed by atoms with Gasteiger partial charge in [-0.3, -0.25) is 0 Å². The van der Waals surface area contributed by atoms with Crippen LogP contribution in [0.25, 0.3) is 22.2 Å². The molecule has 18 heavy (non-hydrogen) atoms. The van der Waals surface area contributed by atoms with Crippen LogP contribution in [0.2, 0.25) is 0 Å². The molecule has 0 saturated heterocycles. The van der Waals surface area contributed by atoms with Crippen molar-refractivity contribution >= 4 is 26.8 Å². The quantitative estimate of drug-likeness (QED) is 0.707. The van der Waals surface area contributed by atoms with Crippen LogP contribution in [0.4, 0.5) is 0 Å². The van der Waals surface area contributed by atoms with Crippen LogP contribution in [0.1, 0.15) is 5.56 Å². The zero-order valence-corrected chi connectivity index (χ0v) is 11.0. The van der Waals surface area contributed by atoms with Gasteiger partial charge in [0.15, 0.2) is 0 Å². The van der Waals surface area contributed by atoms with Crippen molar-refractivity contribution < 1.29 is 0 Å². The number of halogens is 1. The Morgan fingerprint density at radius 3 is 2.72 bits per heavy atom. The Morgan fingerprint density at radius 1 is 1.06 bits per heavy atom. The number of hydrogen-bond acceptors (Lipinski definition) is 1. The highest BCUT2D eigenvalue weighted by atomic mass is 79.9. The molecule has 0 fully saturated rings. The van der Waals surface area contributed by atoms with Gasteiger partial charge in [0, 0.05) is 26.6 Å². The topological polar surface area (TPSA) is 39.6 Å². The first-order valence-corrected chi connectivity index (χ1v) is 6.35. The van der Waals surface area contributed by atoms with E-state index in [9.17, 15) is 0 Å². The van der Waals surface area contributed by atoms with Crippen LogP contribution < -0.4 is 0 Å². The van der Waals surface area contributed by atoms with Gasteiger partial charge in [0.2, 0.25) is 0 Å². The molecular weight excluding hydrogens is 288 g/mol. The molecule has 1 N–H and O–H groups in total. The lowest BCUT2D eigenvalue weighted by molar-refractivity contribution is 1.42. The normalized spacial score (nSPS) is 10.4. The summed E-state index contributed by atoms with van der Waals surface area (Å²) < 4.78 is 1.05. The Kier molecular flexibility index (Phi) is 2.66. The van der Waals surface area contributed by atoms with E-state index in [1.54, 1.807) is 0 Å². The van der Waals surface area contributed by atoms with Gasteiger partial charge in [-0.1, -0.05) is 34.1 Å². The first-order chi connectivity index (χ1) is 8.78. The summed E-state index contributed by atoms with van der Waals surface area (Å²) in [6, 6.07) is 18.0. The molecule has 0 unspecified atom stereocenters. The fraction of sp³-hybridized carbons (Fsp3) is 0. The average Bonchev–Trinajstić information content (AvgIpc) is 2.81. The van der Waals surface area contributed by atoms with Gasteiger partial charge in [0.1, 0.15) is 0 Å². The summed E-state index contributed by atoms with van der Waals surface area (Å²) in [4.78, 5) is 3.34. The number of aromatic amines is 1.